The maximum absolute atomic E-state index is 11.1. The van der Waals surface area contributed by atoms with Crippen LogP contribution in [-0.4, -0.2) is 23.5 Å². The van der Waals surface area contributed by atoms with Gasteiger partial charge in [-0.1, -0.05) is 0 Å². The summed E-state index contributed by atoms with van der Waals surface area (Å²) in [4.78, 5) is 21.1. The number of piperidine rings is 1. The van der Waals surface area contributed by atoms with Crippen molar-refractivity contribution >= 4 is 11.6 Å². The van der Waals surface area contributed by atoms with Gasteiger partial charge in [0.15, 0.2) is 0 Å². The Balaban J connectivity index is 1.98. The van der Waals surface area contributed by atoms with Gasteiger partial charge >= 0.3 is 0 Å². The van der Waals surface area contributed by atoms with E-state index >= 15 is 0 Å². The molecule has 0 radical (unpaired) electrons. The molecule has 6 heteroatoms. The summed E-state index contributed by atoms with van der Waals surface area (Å²) < 4.78 is 5.58. The van der Waals surface area contributed by atoms with E-state index in [1.807, 2.05) is 0 Å². The summed E-state index contributed by atoms with van der Waals surface area (Å²) in [5.41, 5.74) is 0.0266. The van der Waals surface area contributed by atoms with Crippen LogP contribution >= 0.6 is 0 Å². The quantitative estimate of drug-likeness (QED) is 0.632. The molecule has 17 heavy (non-hydrogen) atoms. The minimum atomic E-state index is -0.460. The zero-order chi connectivity index (χ0) is 12.3. The van der Waals surface area contributed by atoms with Crippen LogP contribution in [0, 0.1) is 10.1 Å². The molecule has 1 aliphatic heterocycles. The van der Waals surface area contributed by atoms with Crippen molar-refractivity contribution in [3.05, 3.63) is 34.4 Å². The summed E-state index contributed by atoms with van der Waals surface area (Å²) in [5.74, 6) is 0.526. The fourth-order valence-electron chi connectivity index (χ4n) is 1.69. The van der Waals surface area contributed by atoms with Crippen LogP contribution in [0.1, 0.15) is 12.8 Å². The van der Waals surface area contributed by atoms with Crippen LogP contribution in [-0.2, 0) is 4.79 Å². The smallest absolute Gasteiger partial charge is 0.269 e. The average molecular weight is 236 g/mol. The Bertz CT molecular complexity index is 430. The predicted octanol–water partition coefficient (Wildman–Crippen LogP) is 1.25. The number of nitrogens with one attached hydrogen (secondary N) is 1. The second kappa shape index (κ2) is 4.82. The zero-order valence-electron chi connectivity index (χ0n) is 9.09. The van der Waals surface area contributed by atoms with Crippen molar-refractivity contribution in [1.29, 1.82) is 0 Å². The largest absolute Gasteiger partial charge is 0.490 e. The fraction of sp³-hybridized carbons (Fsp3) is 0.364. The maximum atomic E-state index is 11.1. The van der Waals surface area contributed by atoms with Crippen LogP contribution in [0.4, 0.5) is 5.69 Å². The third-order valence-corrected chi connectivity index (χ3v) is 2.55. The van der Waals surface area contributed by atoms with Crippen molar-refractivity contribution in [2.24, 2.45) is 0 Å². The van der Waals surface area contributed by atoms with Gasteiger partial charge in [-0.15, -0.1) is 0 Å². The van der Waals surface area contributed by atoms with Crippen LogP contribution in [0.25, 0.3) is 0 Å². The number of ether oxygens (including phenoxy) is 1. The molecule has 1 atom stereocenters. The highest BCUT2D eigenvalue weighted by Crippen LogP contribution is 2.20. The molecule has 1 aromatic carbocycles. The Morgan fingerprint density at radius 2 is 2.06 bits per heavy atom. The number of hydrogen-bond donors (Lipinski definition) is 1. The van der Waals surface area contributed by atoms with Crippen molar-refractivity contribution in [2.75, 3.05) is 6.54 Å². The van der Waals surface area contributed by atoms with E-state index in [4.69, 9.17) is 4.74 Å². The van der Waals surface area contributed by atoms with Gasteiger partial charge in [0.25, 0.3) is 5.69 Å². The summed E-state index contributed by atoms with van der Waals surface area (Å²) >= 11 is 0. The molecule has 2 rings (SSSR count). The topological polar surface area (TPSA) is 81.5 Å². The molecule has 1 heterocycles. The van der Waals surface area contributed by atoms with Gasteiger partial charge in [0.05, 0.1) is 11.3 Å². The van der Waals surface area contributed by atoms with Gasteiger partial charge in [0.2, 0.25) is 5.91 Å². The first kappa shape index (κ1) is 11.4. The summed E-state index contributed by atoms with van der Waals surface area (Å²) in [6.07, 6.45) is 0.935. The number of carbonyl (C=O) groups excluding carboxylic acids is 1. The predicted molar refractivity (Wildman–Crippen MR) is 59.8 cm³/mol. The molecule has 0 aromatic heterocycles. The van der Waals surface area contributed by atoms with Gasteiger partial charge in [-0.25, -0.2) is 0 Å². The zero-order valence-corrected chi connectivity index (χ0v) is 9.09. The monoisotopic (exact) mass is 236 g/mol. The van der Waals surface area contributed by atoms with Crippen molar-refractivity contribution in [3.63, 3.8) is 0 Å². The summed E-state index contributed by atoms with van der Waals surface area (Å²) in [6, 6.07) is 5.87. The SMILES string of the molecule is O=C1CC(Oc2ccc([N+](=O)[O-])cc2)CCN1. The molecule has 1 fully saturated rings. The highest BCUT2D eigenvalue weighted by Gasteiger charge is 2.20. The lowest BCUT2D eigenvalue weighted by Crippen LogP contribution is -2.38. The molecule has 1 unspecified atom stereocenters. The Labute approximate surface area is 97.7 Å². The van der Waals surface area contributed by atoms with E-state index in [1.54, 1.807) is 12.1 Å². The normalized spacial score (nSPS) is 19.5. The number of hydrogen-bond acceptors (Lipinski definition) is 4. The first-order valence-corrected chi connectivity index (χ1v) is 5.33. The number of non-ortho nitro benzene ring substituents is 1. The minimum absolute atomic E-state index is 0.0249. The molecule has 1 N–H and O–H groups in total. The second-order valence-electron chi connectivity index (χ2n) is 3.83. The lowest BCUT2D eigenvalue weighted by molar-refractivity contribution is -0.384. The van der Waals surface area contributed by atoms with Crippen LogP contribution in [0.5, 0.6) is 5.75 Å². The maximum Gasteiger partial charge on any atom is 0.269 e. The lowest BCUT2D eigenvalue weighted by atomic mass is 10.1. The van der Waals surface area contributed by atoms with Gasteiger partial charge in [-0.2, -0.15) is 0 Å². The molecule has 0 bridgehead atoms. The van der Waals surface area contributed by atoms with E-state index in [0.29, 0.717) is 18.7 Å². The molecule has 6 nitrogen and oxygen atoms in total. The molecule has 0 saturated carbocycles. The van der Waals surface area contributed by atoms with Crippen LogP contribution in [0.15, 0.2) is 24.3 Å². The van der Waals surface area contributed by atoms with Crippen molar-refractivity contribution in [1.82, 2.24) is 5.32 Å². The van der Waals surface area contributed by atoms with Crippen LogP contribution in [0.2, 0.25) is 0 Å². The number of benzene rings is 1. The lowest BCUT2D eigenvalue weighted by Gasteiger charge is -2.23. The molecule has 1 aromatic rings. The second-order valence-corrected chi connectivity index (χ2v) is 3.83. The molecule has 0 aliphatic carbocycles. The van der Waals surface area contributed by atoms with E-state index in [2.05, 4.69) is 5.32 Å². The first-order valence-electron chi connectivity index (χ1n) is 5.33. The molecule has 1 aliphatic rings. The van der Waals surface area contributed by atoms with E-state index < -0.39 is 4.92 Å². The Morgan fingerprint density at radius 1 is 1.35 bits per heavy atom. The number of carbonyl (C=O) groups is 1. The summed E-state index contributed by atoms with van der Waals surface area (Å²) in [7, 11) is 0. The van der Waals surface area contributed by atoms with Crippen molar-refractivity contribution < 1.29 is 14.5 Å². The number of nitro groups is 1. The highest BCUT2D eigenvalue weighted by molar-refractivity contribution is 5.77. The van der Waals surface area contributed by atoms with Gasteiger partial charge in [-0.3, -0.25) is 14.9 Å². The number of nitrogens with zero attached hydrogens (tertiary/aromatic N) is 1. The number of nitro benzene ring substituents is 1. The molecule has 0 spiro atoms. The molecule has 1 amide bonds. The number of amides is 1. The van der Waals surface area contributed by atoms with Crippen molar-refractivity contribution in [2.45, 2.75) is 18.9 Å². The van der Waals surface area contributed by atoms with Gasteiger partial charge in [0.1, 0.15) is 11.9 Å². The first-order chi connectivity index (χ1) is 8.15. The summed E-state index contributed by atoms with van der Waals surface area (Å²) in [6.45, 7) is 0.608. The third-order valence-electron chi connectivity index (χ3n) is 2.55. The van der Waals surface area contributed by atoms with Gasteiger partial charge in [0, 0.05) is 25.1 Å². The van der Waals surface area contributed by atoms with Crippen LogP contribution in [0.3, 0.4) is 0 Å². The van der Waals surface area contributed by atoms with E-state index in [-0.39, 0.29) is 17.7 Å². The van der Waals surface area contributed by atoms with E-state index in [9.17, 15) is 14.9 Å². The number of rotatable bonds is 3. The van der Waals surface area contributed by atoms with Gasteiger partial charge in [-0.05, 0) is 12.1 Å². The Kier molecular flexibility index (Phi) is 3.22. The van der Waals surface area contributed by atoms with Gasteiger partial charge < -0.3 is 10.1 Å². The van der Waals surface area contributed by atoms with E-state index in [0.717, 1.165) is 6.42 Å². The Morgan fingerprint density at radius 3 is 2.65 bits per heavy atom. The van der Waals surface area contributed by atoms with E-state index in [1.165, 1.54) is 12.1 Å². The minimum Gasteiger partial charge on any atom is -0.490 e. The molecule has 90 valence electrons. The average Bonchev–Trinajstić information content (AvgIpc) is 2.29. The van der Waals surface area contributed by atoms with Crippen LogP contribution < -0.4 is 10.1 Å². The highest BCUT2D eigenvalue weighted by atomic mass is 16.6. The fourth-order valence-corrected chi connectivity index (χ4v) is 1.69. The summed E-state index contributed by atoms with van der Waals surface area (Å²) in [5, 5.41) is 13.2. The standard InChI is InChI=1S/C11H12N2O4/c14-11-7-10(5-6-12-11)17-9-3-1-8(2-4-9)13(15)16/h1-4,10H,5-7H2,(H,12,14). The molecular formula is C11H12N2O4. The van der Waals surface area contributed by atoms with Crippen molar-refractivity contribution in [3.8, 4) is 5.75 Å². The molecular weight excluding hydrogens is 224 g/mol. The molecule has 1 saturated heterocycles. The Hall–Kier alpha value is -2.11. The third kappa shape index (κ3) is 2.93.